The number of hydrogen-bond acceptors (Lipinski definition) is 3. The van der Waals surface area contributed by atoms with E-state index in [1.54, 1.807) is 0 Å². The van der Waals surface area contributed by atoms with E-state index in [2.05, 4.69) is 25.8 Å². The monoisotopic (exact) mass is 211 g/mol. The van der Waals surface area contributed by atoms with Gasteiger partial charge in [-0.3, -0.25) is 4.84 Å². The zero-order valence-corrected chi connectivity index (χ0v) is 9.95. The molecule has 2 atom stereocenters. The molecule has 86 valence electrons. The van der Waals surface area contributed by atoms with Crippen LogP contribution in [0, 0.1) is 0 Å². The van der Waals surface area contributed by atoms with Crippen LogP contribution in [0.5, 0.6) is 0 Å². The maximum Gasteiger partial charge on any atom is 0.0918 e. The van der Waals surface area contributed by atoms with E-state index < -0.39 is 0 Å². The molecule has 0 bridgehead atoms. The van der Waals surface area contributed by atoms with Gasteiger partial charge in [0.25, 0.3) is 0 Å². The number of nitrogens with zero attached hydrogens (tertiary/aromatic N) is 1. The summed E-state index contributed by atoms with van der Waals surface area (Å²) in [6.07, 6.45) is 5.20. The first-order valence-corrected chi connectivity index (χ1v) is 6.11. The van der Waals surface area contributed by atoms with Gasteiger partial charge in [0.15, 0.2) is 0 Å². The van der Waals surface area contributed by atoms with Crippen LogP contribution < -0.4 is 0 Å². The van der Waals surface area contributed by atoms with E-state index in [1.165, 1.54) is 19.3 Å². The van der Waals surface area contributed by atoms with Crippen LogP contribution in [0.25, 0.3) is 0 Å². The molecule has 0 amide bonds. The normalized spacial score (nSPS) is 38.6. The highest BCUT2D eigenvalue weighted by Crippen LogP contribution is 2.52. The van der Waals surface area contributed by atoms with Crippen molar-refractivity contribution in [2.24, 2.45) is 0 Å². The molecule has 0 unspecified atom stereocenters. The summed E-state index contributed by atoms with van der Waals surface area (Å²) < 4.78 is 6.11. The highest BCUT2D eigenvalue weighted by Gasteiger charge is 2.58. The van der Waals surface area contributed by atoms with E-state index >= 15 is 0 Å². The second kappa shape index (κ2) is 2.96. The molecule has 3 heteroatoms. The second-order valence-corrected chi connectivity index (χ2v) is 6.24. The molecule has 3 rings (SSSR count). The van der Waals surface area contributed by atoms with Crippen molar-refractivity contribution < 1.29 is 9.57 Å². The summed E-state index contributed by atoms with van der Waals surface area (Å²) in [5.74, 6) is 0. The third-order valence-corrected chi connectivity index (χ3v) is 3.64. The quantitative estimate of drug-likeness (QED) is 0.663. The lowest BCUT2D eigenvalue weighted by Crippen LogP contribution is -2.35. The second-order valence-electron chi connectivity index (χ2n) is 6.24. The summed E-state index contributed by atoms with van der Waals surface area (Å²) in [5, 5.41) is 2.18. The van der Waals surface area contributed by atoms with Crippen LogP contribution in [0.1, 0.15) is 46.5 Å². The van der Waals surface area contributed by atoms with E-state index in [0.29, 0.717) is 12.1 Å². The van der Waals surface area contributed by atoms with Crippen molar-refractivity contribution in [2.45, 2.75) is 69.8 Å². The van der Waals surface area contributed by atoms with Crippen LogP contribution in [-0.2, 0) is 9.57 Å². The summed E-state index contributed by atoms with van der Waals surface area (Å²) in [6, 6.07) is 0.520. The van der Waals surface area contributed by atoms with Crippen molar-refractivity contribution in [1.82, 2.24) is 5.06 Å². The lowest BCUT2D eigenvalue weighted by molar-refractivity contribution is -0.167. The number of rotatable bonds is 1. The summed E-state index contributed by atoms with van der Waals surface area (Å²) in [7, 11) is 0. The standard InChI is InChI=1S/C12H21NO2/c1-11(2,3)14-10-4-7-13-9(10)8-12(15-13)5-6-12/h9-10H,4-8H2,1-3H3/t9-,10+/m1/s1. The Hall–Kier alpha value is -0.120. The fourth-order valence-electron chi connectivity index (χ4n) is 2.84. The van der Waals surface area contributed by atoms with Crippen LogP contribution in [0.3, 0.4) is 0 Å². The predicted octanol–water partition coefficient (Wildman–Crippen LogP) is 2.11. The van der Waals surface area contributed by atoms with Gasteiger partial charge in [-0.05, 0) is 46.5 Å². The topological polar surface area (TPSA) is 21.7 Å². The Bertz CT molecular complexity index is 267. The van der Waals surface area contributed by atoms with Crippen molar-refractivity contribution in [3.05, 3.63) is 0 Å². The van der Waals surface area contributed by atoms with E-state index in [1.807, 2.05) is 0 Å². The Labute approximate surface area is 91.7 Å². The molecule has 2 aliphatic heterocycles. The van der Waals surface area contributed by atoms with Crippen molar-refractivity contribution in [3.63, 3.8) is 0 Å². The Balaban J connectivity index is 1.67. The molecule has 2 saturated heterocycles. The van der Waals surface area contributed by atoms with Crippen molar-refractivity contribution in [1.29, 1.82) is 0 Å². The van der Waals surface area contributed by atoms with Gasteiger partial charge in [-0.2, -0.15) is 5.06 Å². The highest BCUT2D eigenvalue weighted by molar-refractivity contribution is 5.06. The third kappa shape index (κ3) is 1.81. The Morgan fingerprint density at radius 1 is 1.33 bits per heavy atom. The molecule has 0 aromatic rings. The summed E-state index contributed by atoms with van der Waals surface area (Å²) >= 11 is 0. The van der Waals surface area contributed by atoms with Gasteiger partial charge in [0.1, 0.15) is 0 Å². The van der Waals surface area contributed by atoms with Crippen LogP contribution >= 0.6 is 0 Å². The van der Waals surface area contributed by atoms with E-state index in [9.17, 15) is 0 Å². The summed E-state index contributed by atoms with van der Waals surface area (Å²) in [4.78, 5) is 5.98. The van der Waals surface area contributed by atoms with E-state index in [0.717, 1.165) is 13.0 Å². The van der Waals surface area contributed by atoms with Crippen molar-refractivity contribution in [3.8, 4) is 0 Å². The minimum atomic E-state index is -0.0278. The lowest BCUT2D eigenvalue weighted by atomic mass is 10.0. The molecule has 0 radical (unpaired) electrons. The number of hydrogen-bond donors (Lipinski definition) is 0. The molecule has 15 heavy (non-hydrogen) atoms. The Morgan fingerprint density at radius 2 is 2.07 bits per heavy atom. The molecule has 3 aliphatic rings. The van der Waals surface area contributed by atoms with Gasteiger partial charge in [0.05, 0.1) is 23.3 Å². The van der Waals surface area contributed by atoms with Gasteiger partial charge in [0, 0.05) is 6.54 Å². The van der Waals surface area contributed by atoms with Crippen LogP contribution in [0.15, 0.2) is 0 Å². The van der Waals surface area contributed by atoms with Crippen LogP contribution in [0.2, 0.25) is 0 Å². The first-order chi connectivity index (χ1) is 6.98. The van der Waals surface area contributed by atoms with Crippen LogP contribution in [0.4, 0.5) is 0 Å². The zero-order valence-electron chi connectivity index (χ0n) is 9.95. The lowest BCUT2D eigenvalue weighted by Gasteiger charge is -2.27. The van der Waals surface area contributed by atoms with Crippen molar-refractivity contribution >= 4 is 0 Å². The Morgan fingerprint density at radius 3 is 2.67 bits per heavy atom. The average Bonchev–Trinajstić information content (AvgIpc) is 2.59. The fraction of sp³-hybridized carbons (Fsp3) is 1.00. The molecule has 1 aliphatic carbocycles. The summed E-state index contributed by atoms with van der Waals surface area (Å²) in [5.41, 5.74) is 0.213. The van der Waals surface area contributed by atoms with E-state index in [4.69, 9.17) is 9.57 Å². The molecule has 3 nitrogen and oxygen atoms in total. The molecule has 0 aromatic heterocycles. The first-order valence-electron chi connectivity index (χ1n) is 6.11. The largest absolute Gasteiger partial charge is 0.371 e. The molecular weight excluding hydrogens is 190 g/mol. The molecule has 2 heterocycles. The van der Waals surface area contributed by atoms with Crippen LogP contribution in [-0.4, -0.2) is 35.0 Å². The van der Waals surface area contributed by atoms with Gasteiger partial charge in [0.2, 0.25) is 0 Å². The molecule has 0 aromatic carbocycles. The molecular formula is C12H21NO2. The first kappa shape index (κ1) is 10.1. The molecule has 1 saturated carbocycles. The predicted molar refractivity (Wildman–Crippen MR) is 57.4 cm³/mol. The number of hydroxylamine groups is 2. The highest BCUT2D eigenvalue weighted by atomic mass is 16.7. The molecule has 3 fully saturated rings. The Kier molecular flexibility index (Phi) is 1.99. The third-order valence-electron chi connectivity index (χ3n) is 3.64. The van der Waals surface area contributed by atoms with Gasteiger partial charge < -0.3 is 4.74 Å². The molecule has 0 N–H and O–H groups in total. The smallest absolute Gasteiger partial charge is 0.0918 e. The maximum atomic E-state index is 6.11. The van der Waals surface area contributed by atoms with Gasteiger partial charge in [-0.25, -0.2) is 0 Å². The minimum Gasteiger partial charge on any atom is -0.371 e. The fourth-order valence-corrected chi connectivity index (χ4v) is 2.84. The zero-order chi connectivity index (χ0) is 10.7. The molecule has 1 spiro atoms. The number of fused-ring (bicyclic) bond motifs is 1. The maximum absolute atomic E-state index is 6.11. The minimum absolute atomic E-state index is 0.0278. The van der Waals surface area contributed by atoms with Gasteiger partial charge in [-0.15, -0.1) is 0 Å². The SMILES string of the molecule is CC(C)(C)O[C@H]1CCN2OC3(CC3)C[C@H]12. The van der Waals surface area contributed by atoms with E-state index in [-0.39, 0.29) is 11.2 Å². The van der Waals surface area contributed by atoms with Gasteiger partial charge in [-0.1, -0.05) is 0 Å². The van der Waals surface area contributed by atoms with Crippen molar-refractivity contribution in [2.75, 3.05) is 6.54 Å². The van der Waals surface area contributed by atoms with Gasteiger partial charge >= 0.3 is 0 Å². The summed E-state index contributed by atoms with van der Waals surface area (Å²) in [6.45, 7) is 7.46. The average molecular weight is 211 g/mol. The number of ether oxygens (including phenoxy) is 1.